The summed E-state index contributed by atoms with van der Waals surface area (Å²) in [6.07, 6.45) is 55.4. The summed E-state index contributed by atoms with van der Waals surface area (Å²) in [5.74, 6) is -0.648. The molecule has 1 N–H and O–H groups in total. The molecule has 0 aliphatic rings. The maximum absolute atomic E-state index is 10.5. The van der Waals surface area contributed by atoms with Crippen LogP contribution < -0.4 is 0 Å². The van der Waals surface area contributed by atoms with Crippen LogP contribution in [-0.4, -0.2) is 11.1 Å². The second-order valence-electron chi connectivity index (χ2n) is 13.9. The molecule has 0 radical (unpaired) electrons. The number of carboxylic acid groups (broad SMARTS) is 1. The molecule has 0 fully saturated rings. The average Bonchev–Trinajstić information content (AvgIpc) is 3.00. The van der Waals surface area contributed by atoms with Crippen molar-refractivity contribution in [3.8, 4) is 0 Å². The van der Waals surface area contributed by atoms with Crippen LogP contribution in [0.2, 0.25) is 0 Å². The molecule has 0 rings (SSSR count). The van der Waals surface area contributed by atoms with Gasteiger partial charge in [0.2, 0.25) is 0 Å². The number of unbranched alkanes of at least 4 members (excludes halogenated alkanes) is 34. The largest absolute Gasteiger partial charge is 0.481 e. The summed E-state index contributed by atoms with van der Waals surface area (Å²) in [5.41, 5.74) is 0. The van der Waals surface area contributed by atoms with Crippen LogP contribution in [0.4, 0.5) is 0 Å². The molecule has 43 heavy (non-hydrogen) atoms. The standard InChI is InChI=1S/C41H80O2/c1-2-3-4-5-6-7-8-9-10-11-12-13-14-15-16-17-18-19-20-21-22-23-24-25-26-27-28-29-30-31-32-33-34-35-36-37-38-39-40-41(42)43/h14-15H,2-13,16-40H2,1H3,(H,42,43). The van der Waals surface area contributed by atoms with Gasteiger partial charge in [0.1, 0.15) is 0 Å². The van der Waals surface area contributed by atoms with Crippen molar-refractivity contribution >= 4 is 5.97 Å². The molecule has 0 aromatic heterocycles. The minimum atomic E-state index is -0.648. The van der Waals surface area contributed by atoms with E-state index in [0.29, 0.717) is 6.42 Å². The molecule has 0 atom stereocenters. The summed E-state index contributed by atoms with van der Waals surface area (Å²) in [6, 6.07) is 0. The van der Waals surface area contributed by atoms with E-state index in [0.717, 1.165) is 12.8 Å². The zero-order valence-electron chi connectivity index (χ0n) is 29.7. The number of hydrogen-bond acceptors (Lipinski definition) is 1. The quantitative estimate of drug-likeness (QED) is 0.0562. The van der Waals surface area contributed by atoms with Crippen LogP contribution in [0.1, 0.15) is 244 Å². The Morgan fingerprint density at radius 3 is 0.791 bits per heavy atom. The summed E-state index contributed by atoms with van der Waals surface area (Å²) in [4.78, 5) is 10.5. The number of aliphatic carboxylic acids is 1. The highest BCUT2D eigenvalue weighted by Crippen LogP contribution is 2.16. The predicted octanol–water partition coefficient (Wildman–Crippen LogP) is 15.1. The third kappa shape index (κ3) is 41.2. The van der Waals surface area contributed by atoms with Crippen molar-refractivity contribution in [3.63, 3.8) is 0 Å². The first-order chi connectivity index (χ1) is 21.3. The third-order valence-corrected chi connectivity index (χ3v) is 9.40. The van der Waals surface area contributed by atoms with E-state index in [-0.39, 0.29) is 0 Å². The Morgan fingerprint density at radius 2 is 0.558 bits per heavy atom. The first kappa shape index (κ1) is 42.2. The second-order valence-corrected chi connectivity index (χ2v) is 13.9. The van der Waals surface area contributed by atoms with Gasteiger partial charge in [-0.25, -0.2) is 0 Å². The van der Waals surface area contributed by atoms with Crippen LogP contribution in [0, 0.1) is 0 Å². The Balaban J connectivity index is 3.08. The van der Waals surface area contributed by atoms with Gasteiger partial charge in [-0.1, -0.05) is 218 Å². The summed E-state index contributed by atoms with van der Waals surface area (Å²) in [7, 11) is 0. The molecule has 256 valence electrons. The van der Waals surface area contributed by atoms with E-state index in [1.807, 2.05) is 0 Å². The number of rotatable bonds is 38. The van der Waals surface area contributed by atoms with Crippen LogP contribution in [0.15, 0.2) is 12.2 Å². The fourth-order valence-electron chi connectivity index (χ4n) is 6.41. The highest BCUT2D eigenvalue weighted by Gasteiger charge is 1.98. The molecular formula is C41H80O2. The van der Waals surface area contributed by atoms with Gasteiger partial charge in [-0.05, 0) is 32.1 Å². The highest BCUT2D eigenvalue weighted by molar-refractivity contribution is 5.66. The van der Waals surface area contributed by atoms with Crippen molar-refractivity contribution in [3.05, 3.63) is 12.2 Å². The first-order valence-corrected chi connectivity index (χ1v) is 20.1. The van der Waals surface area contributed by atoms with Crippen molar-refractivity contribution in [1.29, 1.82) is 0 Å². The highest BCUT2D eigenvalue weighted by atomic mass is 16.4. The monoisotopic (exact) mass is 605 g/mol. The Morgan fingerprint density at radius 1 is 0.349 bits per heavy atom. The lowest BCUT2D eigenvalue weighted by Crippen LogP contribution is -1.93. The summed E-state index contributed by atoms with van der Waals surface area (Å²) < 4.78 is 0. The maximum atomic E-state index is 10.5. The molecular weight excluding hydrogens is 524 g/mol. The Hall–Kier alpha value is -0.790. The number of carbonyl (C=O) groups is 1. The number of hydrogen-bond donors (Lipinski definition) is 1. The lowest BCUT2D eigenvalue weighted by Gasteiger charge is -2.04. The van der Waals surface area contributed by atoms with Crippen molar-refractivity contribution in [2.45, 2.75) is 244 Å². The smallest absolute Gasteiger partial charge is 0.303 e. The molecule has 2 nitrogen and oxygen atoms in total. The van der Waals surface area contributed by atoms with E-state index in [1.54, 1.807) is 0 Å². The molecule has 0 aliphatic heterocycles. The van der Waals surface area contributed by atoms with Gasteiger partial charge < -0.3 is 5.11 Å². The zero-order valence-corrected chi connectivity index (χ0v) is 29.7. The third-order valence-electron chi connectivity index (χ3n) is 9.40. The van der Waals surface area contributed by atoms with Crippen LogP contribution in [-0.2, 0) is 4.79 Å². The molecule has 0 spiro atoms. The van der Waals surface area contributed by atoms with Gasteiger partial charge in [0.25, 0.3) is 0 Å². The molecule has 0 saturated heterocycles. The topological polar surface area (TPSA) is 37.3 Å². The molecule has 0 heterocycles. The van der Waals surface area contributed by atoms with E-state index in [2.05, 4.69) is 19.1 Å². The lowest BCUT2D eigenvalue weighted by molar-refractivity contribution is -0.137. The fourth-order valence-corrected chi connectivity index (χ4v) is 6.41. The second kappa shape index (κ2) is 39.2. The predicted molar refractivity (Wildman–Crippen MR) is 193 cm³/mol. The summed E-state index contributed by atoms with van der Waals surface area (Å²) >= 11 is 0. The number of carboxylic acids is 1. The van der Waals surface area contributed by atoms with Crippen LogP contribution in [0.3, 0.4) is 0 Å². The van der Waals surface area contributed by atoms with Gasteiger partial charge in [0, 0.05) is 6.42 Å². The minimum absolute atomic E-state index is 0.345. The Labute approximate surface area is 272 Å². The zero-order chi connectivity index (χ0) is 31.2. The lowest BCUT2D eigenvalue weighted by atomic mass is 10.0. The van der Waals surface area contributed by atoms with Gasteiger partial charge in [-0.3, -0.25) is 4.79 Å². The van der Waals surface area contributed by atoms with Crippen LogP contribution in [0.25, 0.3) is 0 Å². The van der Waals surface area contributed by atoms with Crippen molar-refractivity contribution in [1.82, 2.24) is 0 Å². The molecule has 0 aromatic carbocycles. The van der Waals surface area contributed by atoms with Crippen molar-refractivity contribution < 1.29 is 9.90 Å². The Kier molecular flexibility index (Phi) is 38.5. The van der Waals surface area contributed by atoms with Crippen LogP contribution in [0.5, 0.6) is 0 Å². The van der Waals surface area contributed by atoms with E-state index in [1.165, 1.54) is 218 Å². The molecule has 0 saturated carbocycles. The minimum Gasteiger partial charge on any atom is -0.481 e. The summed E-state index contributed by atoms with van der Waals surface area (Å²) in [6.45, 7) is 2.30. The molecule has 2 heteroatoms. The number of allylic oxidation sites excluding steroid dienone is 2. The molecule has 0 aliphatic carbocycles. The normalized spacial score (nSPS) is 11.7. The first-order valence-electron chi connectivity index (χ1n) is 20.1. The molecule has 0 unspecified atom stereocenters. The van der Waals surface area contributed by atoms with Gasteiger partial charge in [-0.15, -0.1) is 0 Å². The Bertz CT molecular complexity index is 540. The van der Waals surface area contributed by atoms with E-state index < -0.39 is 5.97 Å². The van der Waals surface area contributed by atoms with Crippen molar-refractivity contribution in [2.75, 3.05) is 0 Å². The van der Waals surface area contributed by atoms with Gasteiger partial charge in [-0.2, -0.15) is 0 Å². The average molecular weight is 605 g/mol. The van der Waals surface area contributed by atoms with Gasteiger partial charge in [0.15, 0.2) is 0 Å². The molecule has 0 aromatic rings. The summed E-state index contributed by atoms with van der Waals surface area (Å²) in [5, 5.41) is 8.64. The maximum Gasteiger partial charge on any atom is 0.303 e. The van der Waals surface area contributed by atoms with E-state index in [9.17, 15) is 4.79 Å². The molecule has 0 bridgehead atoms. The van der Waals surface area contributed by atoms with Crippen LogP contribution >= 0.6 is 0 Å². The molecule has 0 amide bonds. The van der Waals surface area contributed by atoms with E-state index >= 15 is 0 Å². The van der Waals surface area contributed by atoms with Crippen molar-refractivity contribution in [2.24, 2.45) is 0 Å². The van der Waals surface area contributed by atoms with Gasteiger partial charge >= 0.3 is 5.97 Å². The van der Waals surface area contributed by atoms with E-state index in [4.69, 9.17) is 5.11 Å². The fraction of sp³-hybridized carbons (Fsp3) is 0.927. The SMILES string of the molecule is CCCCCCCCCCCCCC=CCCCCCCCCCCCCCCCCCCCCCCCCCC(=O)O. The van der Waals surface area contributed by atoms with Gasteiger partial charge in [0.05, 0.1) is 0 Å².